The monoisotopic (exact) mass is 197 g/mol. The van der Waals surface area contributed by atoms with Gasteiger partial charge in [0.05, 0.1) is 0 Å². The van der Waals surface area contributed by atoms with Crippen molar-refractivity contribution >= 4 is 5.97 Å². The molecule has 0 heterocycles. The largest absolute Gasteiger partial charge is 0.444 e. The van der Waals surface area contributed by atoms with E-state index >= 15 is 0 Å². The second-order valence-corrected chi connectivity index (χ2v) is 3.75. The number of carbonyl (C=O) groups excluding carboxylic acids is 1. The Balaban J connectivity index is 3.89. The minimum absolute atomic E-state index is 0.385. The van der Waals surface area contributed by atoms with E-state index in [0.29, 0.717) is 6.42 Å². The molecular formula is C11H19NO2. The molecule has 0 fully saturated rings. The highest BCUT2D eigenvalue weighted by atomic mass is 16.6. The first kappa shape index (κ1) is 13.0. The Morgan fingerprint density at radius 1 is 1.43 bits per heavy atom. The predicted molar refractivity (Wildman–Crippen MR) is 54.5 cm³/mol. The third-order valence-electron chi connectivity index (χ3n) is 2.11. The van der Waals surface area contributed by atoms with E-state index in [0.717, 1.165) is 19.3 Å². The molecule has 0 aromatic heterocycles. The molecule has 0 radical (unpaired) electrons. The second-order valence-electron chi connectivity index (χ2n) is 3.75. The van der Waals surface area contributed by atoms with Gasteiger partial charge in [0.2, 0.25) is 0 Å². The van der Waals surface area contributed by atoms with Crippen LogP contribution < -0.4 is 0 Å². The molecule has 0 aliphatic heterocycles. The summed E-state index contributed by atoms with van der Waals surface area (Å²) in [5.74, 6) is -0.385. The number of hydrogen-bond acceptors (Lipinski definition) is 3. The van der Waals surface area contributed by atoms with Gasteiger partial charge in [0.15, 0.2) is 5.60 Å². The standard InChI is InChI=1S/C11H19NO2/c1-4-5-6-7-8-11(3,9-12)14-10(2)13/h4-8H2,1-3H3. The van der Waals surface area contributed by atoms with Crippen LogP contribution in [0.15, 0.2) is 0 Å². The van der Waals surface area contributed by atoms with Crippen LogP contribution in [0.25, 0.3) is 0 Å². The fourth-order valence-corrected chi connectivity index (χ4v) is 1.34. The van der Waals surface area contributed by atoms with Crippen LogP contribution >= 0.6 is 0 Å². The third kappa shape index (κ3) is 5.58. The molecule has 0 amide bonds. The number of rotatable bonds is 6. The van der Waals surface area contributed by atoms with Crippen molar-refractivity contribution in [2.75, 3.05) is 0 Å². The first-order valence-corrected chi connectivity index (χ1v) is 5.15. The molecular weight excluding hydrogens is 178 g/mol. The van der Waals surface area contributed by atoms with Crippen molar-refractivity contribution in [3.8, 4) is 6.07 Å². The molecule has 0 bridgehead atoms. The number of ether oxygens (including phenoxy) is 1. The quantitative estimate of drug-likeness (QED) is 0.486. The summed E-state index contributed by atoms with van der Waals surface area (Å²) in [6.07, 6.45) is 4.99. The Hall–Kier alpha value is -1.04. The number of esters is 1. The molecule has 3 heteroatoms. The fraction of sp³-hybridized carbons (Fsp3) is 0.818. The molecule has 0 aliphatic rings. The highest BCUT2D eigenvalue weighted by Gasteiger charge is 2.26. The van der Waals surface area contributed by atoms with Crippen LogP contribution in [0.1, 0.15) is 52.9 Å². The number of carbonyl (C=O) groups is 1. The van der Waals surface area contributed by atoms with Crippen molar-refractivity contribution in [1.29, 1.82) is 5.26 Å². The maximum Gasteiger partial charge on any atom is 0.304 e. The molecule has 3 nitrogen and oxygen atoms in total. The smallest absolute Gasteiger partial charge is 0.304 e. The van der Waals surface area contributed by atoms with Gasteiger partial charge in [0.25, 0.3) is 0 Å². The third-order valence-corrected chi connectivity index (χ3v) is 2.11. The maximum atomic E-state index is 10.7. The SMILES string of the molecule is CCCCCCC(C)(C#N)OC(C)=O. The highest BCUT2D eigenvalue weighted by molar-refractivity contribution is 5.66. The zero-order valence-electron chi connectivity index (χ0n) is 9.30. The van der Waals surface area contributed by atoms with Crippen molar-refractivity contribution < 1.29 is 9.53 Å². The maximum absolute atomic E-state index is 10.7. The van der Waals surface area contributed by atoms with Crippen molar-refractivity contribution in [3.63, 3.8) is 0 Å². The van der Waals surface area contributed by atoms with Crippen LogP contribution in [0.2, 0.25) is 0 Å². The Morgan fingerprint density at radius 3 is 2.50 bits per heavy atom. The van der Waals surface area contributed by atoms with Gasteiger partial charge >= 0.3 is 5.97 Å². The molecule has 0 rings (SSSR count). The molecule has 0 saturated heterocycles. The summed E-state index contributed by atoms with van der Waals surface area (Å²) in [4.78, 5) is 10.7. The van der Waals surface area contributed by atoms with E-state index in [2.05, 4.69) is 6.92 Å². The average Bonchev–Trinajstić information content (AvgIpc) is 2.11. The lowest BCUT2D eigenvalue weighted by molar-refractivity contribution is -0.150. The van der Waals surface area contributed by atoms with E-state index in [1.54, 1.807) is 6.92 Å². The van der Waals surface area contributed by atoms with Gasteiger partial charge in [-0.25, -0.2) is 0 Å². The summed E-state index contributed by atoms with van der Waals surface area (Å²) in [7, 11) is 0. The molecule has 0 spiro atoms. The van der Waals surface area contributed by atoms with Gasteiger partial charge in [0, 0.05) is 13.3 Å². The summed E-state index contributed by atoms with van der Waals surface area (Å²) < 4.78 is 4.97. The lowest BCUT2D eigenvalue weighted by atomic mass is 9.99. The highest BCUT2D eigenvalue weighted by Crippen LogP contribution is 2.19. The predicted octanol–water partition coefficient (Wildman–Crippen LogP) is 2.80. The Bertz CT molecular complexity index is 220. The van der Waals surface area contributed by atoms with Crippen LogP contribution in [0.3, 0.4) is 0 Å². The first-order chi connectivity index (χ1) is 6.54. The Morgan fingerprint density at radius 2 is 2.07 bits per heavy atom. The zero-order valence-corrected chi connectivity index (χ0v) is 9.30. The summed E-state index contributed by atoms with van der Waals surface area (Å²) >= 11 is 0. The molecule has 80 valence electrons. The Kier molecular flexibility index (Phi) is 5.94. The number of hydrogen-bond donors (Lipinski definition) is 0. The summed E-state index contributed by atoms with van der Waals surface area (Å²) in [5.41, 5.74) is -0.931. The van der Waals surface area contributed by atoms with Gasteiger partial charge in [-0.1, -0.05) is 26.2 Å². The van der Waals surface area contributed by atoms with Crippen molar-refractivity contribution in [1.82, 2.24) is 0 Å². The van der Waals surface area contributed by atoms with Crippen molar-refractivity contribution in [2.24, 2.45) is 0 Å². The van der Waals surface area contributed by atoms with E-state index in [-0.39, 0.29) is 5.97 Å². The van der Waals surface area contributed by atoms with Gasteiger partial charge in [-0.15, -0.1) is 0 Å². The molecule has 0 saturated carbocycles. The topological polar surface area (TPSA) is 50.1 Å². The van der Waals surface area contributed by atoms with Gasteiger partial charge in [-0.2, -0.15) is 5.26 Å². The fourth-order valence-electron chi connectivity index (χ4n) is 1.34. The number of nitriles is 1. The minimum atomic E-state index is -0.931. The molecule has 14 heavy (non-hydrogen) atoms. The van der Waals surface area contributed by atoms with Crippen molar-refractivity contribution in [3.05, 3.63) is 0 Å². The van der Waals surface area contributed by atoms with Crippen LogP contribution in [0, 0.1) is 11.3 Å². The molecule has 0 aromatic rings. The van der Waals surface area contributed by atoms with E-state index in [1.165, 1.54) is 13.3 Å². The van der Waals surface area contributed by atoms with Gasteiger partial charge < -0.3 is 4.74 Å². The number of unbranched alkanes of at least 4 members (excludes halogenated alkanes) is 3. The summed E-state index contributed by atoms with van der Waals surface area (Å²) in [6.45, 7) is 5.14. The van der Waals surface area contributed by atoms with Gasteiger partial charge in [-0.3, -0.25) is 4.79 Å². The summed E-state index contributed by atoms with van der Waals surface area (Å²) in [5, 5.41) is 8.86. The van der Waals surface area contributed by atoms with Crippen molar-refractivity contribution in [2.45, 2.75) is 58.5 Å². The van der Waals surface area contributed by atoms with Gasteiger partial charge in [0.1, 0.15) is 6.07 Å². The molecule has 0 N–H and O–H groups in total. The van der Waals surface area contributed by atoms with Crippen LogP contribution in [0.5, 0.6) is 0 Å². The lowest BCUT2D eigenvalue weighted by Crippen LogP contribution is -2.28. The van der Waals surface area contributed by atoms with E-state index in [4.69, 9.17) is 10.00 Å². The molecule has 1 unspecified atom stereocenters. The zero-order chi connectivity index (χ0) is 11.0. The van der Waals surface area contributed by atoms with Gasteiger partial charge in [-0.05, 0) is 13.3 Å². The molecule has 0 aliphatic carbocycles. The lowest BCUT2D eigenvalue weighted by Gasteiger charge is -2.20. The normalized spacial score (nSPS) is 14.1. The average molecular weight is 197 g/mol. The first-order valence-electron chi connectivity index (χ1n) is 5.15. The van der Waals surface area contributed by atoms with E-state index < -0.39 is 5.60 Å². The second kappa shape index (κ2) is 6.42. The van der Waals surface area contributed by atoms with E-state index in [1.807, 2.05) is 6.07 Å². The van der Waals surface area contributed by atoms with Crippen LogP contribution in [0.4, 0.5) is 0 Å². The minimum Gasteiger partial charge on any atom is -0.444 e. The number of nitrogens with zero attached hydrogens (tertiary/aromatic N) is 1. The summed E-state index contributed by atoms with van der Waals surface area (Å²) in [6, 6.07) is 2.04. The van der Waals surface area contributed by atoms with Crippen LogP contribution in [-0.4, -0.2) is 11.6 Å². The van der Waals surface area contributed by atoms with E-state index in [9.17, 15) is 4.79 Å². The Labute approximate surface area is 86.1 Å². The van der Waals surface area contributed by atoms with Crippen LogP contribution in [-0.2, 0) is 9.53 Å². The molecule has 0 aromatic carbocycles. The molecule has 1 atom stereocenters.